The Morgan fingerprint density at radius 3 is 2.05 bits per heavy atom. The Hall–Kier alpha value is -0.820. The van der Waals surface area contributed by atoms with Crippen LogP contribution in [0.1, 0.15) is 58.6 Å². The van der Waals surface area contributed by atoms with Gasteiger partial charge in [0.25, 0.3) is 0 Å². The lowest BCUT2D eigenvalue weighted by Gasteiger charge is -2.20. The van der Waals surface area contributed by atoms with Crippen LogP contribution in [0.25, 0.3) is 0 Å². The largest absolute Gasteiger partial charge is 0.312 e. The molecule has 19 heavy (non-hydrogen) atoms. The van der Waals surface area contributed by atoms with Gasteiger partial charge in [-0.25, -0.2) is 0 Å². The van der Waals surface area contributed by atoms with Gasteiger partial charge >= 0.3 is 0 Å². The molecule has 1 nitrogen and oxygen atoms in total. The first kappa shape index (κ1) is 16.2. The standard InChI is InChI=1S/C18H31N/c1-15(2)14-17-11-9-16(10-12-17)8-6-7-13-19-18(3,4)5/h9-12,15,19H,6-8,13-14H2,1-5H3. The Morgan fingerprint density at radius 1 is 0.947 bits per heavy atom. The molecule has 1 heteroatoms. The SMILES string of the molecule is CC(C)Cc1ccc(CCCCNC(C)(C)C)cc1. The molecular formula is C18H31N. The highest BCUT2D eigenvalue weighted by molar-refractivity contribution is 5.22. The maximum Gasteiger partial charge on any atom is 0.00965 e. The van der Waals surface area contributed by atoms with Crippen LogP contribution in [0, 0.1) is 5.92 Å². The van der Waals surface area contributed by atoms with E-state index < -0.39 is 0 Å². The zero-order valence-corrected chi connectivity index (χ0v) is 13.4. The second kappa shape index (κ2) is 7.69. The Morgan fingerprint density at radius 2 is 1.53 bits per heavy atom. The Bertz CT molecular complexity index is 343. The maximum absolute atomic E-state index is 3.54. The van der Waals surface area contributed by atoms with E-state index in [4.69, 9.17) is 0 Å². The number of benzene rings is 1. The zero-order chi connectivity index (χ0) is 14.3. The molecule has 0 aromatic heterocycles. The Labute approximate surface area is 119 Å². The van der Waals surface area contributed by atoms with E-state index in [0.717, 1.165) is 12.5 Å². The van der Waals surface area contributed by atoms with E-state index in [0.29, 0.717) is 0 Å². The predicted octanol–water partition coefficient (Wildman–Crippen LogP) is 4.60. The van der Waals surface area contributed by atoms with E-state index in [1.807, 2.05) is 0 Å². The Kier molecular flexibility index (Phi) is 6.57. The fourth-order valence-corrected chi connectivity index (χ4v) is 2.23. The van der Waals surface area contributed by atoms with Crippen molar-refractivity contribution in [3.63, 3.8) is 0 Å². The molecule has 0 fully saturated rings. The molecule has 1 N–H and O–H groups in total. The minimum Gasteiger partial charge on any atom is -0.312 e. The van der Waals surface area contributed by atoms with Crippen molar-refractivity contribution in [1.29, 1.82) is 0 Å². The van der Waals surface area contributed by atoms with Crippen molar-refractivity contribution in [2.24, 2.45) is 5.92 Å². The molecule has 0 saturated carbocycles. The quantitative estimate of drug-likeness (QED) is 0.708. The van der Waals surface area contributed by atoms with E-state index in [-0.39, 0.29) is 5.54 Å². The smallest absolute Gasteiger partial charge is 0.00965 e. The van der Waals surface area contributed by atoms with Gasteiger partial charge in [-0.05, 0) is 70.0 Å². The van der Waals surface area contributed by atoms with Crippen molar-refractivity contribution in [2.75, 3.05) is 6.54 Å². The highest BCUT2D eigenvalue weighted by Crippen LogP contribution is 2.11. The number of unbranched alkanes of at least 4 members (excludes halogenated alkanes) is 1. The molecular weight excluding hydrogens is 230 g/mol. The van der Waals surface area contributed by atoms with E-state index in [9.17, 15) is 0 Å². The lowest BCUT2D eigenvalue weighted by atomic mass is 10.00. The van der Waals surface area contributed by atoms with Crippen molar-refractivity contribution >= 4 is 0 Å². The third-order valence-corrected chi connectivity index (χ3v) is 3.21. The van der Waals surface area contributed by atoms with Crippen molar-refractivity contribution in [1.82, 2.24) is 5.32 Å². The van der Waals surface area contributed by atoms with Crippen LogP contribution in [0.4, 0.5) is 0 Å². The summed E-state index contributed by atoms with van der Waals surface area (Å²) in [6, 6.07) is 9.19. The monoisotopic (exact) mass is 261 g/mol. The number of hydrogen-bond donors (Lipinski definition) is 1. The Balaban J connectivity index is 2.23. The highest BCUT2D eigenvalue weighted by atomic mass is 14.9. The summed E-state index contributed by atoms with van der Waals surface area (Å²) in [5, 5.41) is 3.54. The molecule has 0 bridgehead atoms. The molecule has 0 radical (unpaired) electrons. The molecule has 0 atom stereocenters. The zero-order valence-electron chi connectivity index (χ0n) is 13.4. The summed E-state index contributed by atoms with van der Waals surface area (Å²) >= 11 is 0. The van der Waals surface area contributed by atoms with Gasteiger partial charge in [-0.15, -0.1) is 0 Å². The molecule has 1 rings (SSSR count). The topological polar surface area (TPSA) is 12.0 Å². The fourth-order valence-electron chi connectivity index (χ4n) is 2.23. The predicted molar refractivity (Wildman–Crippen MR) is 85.7 cm³/mol. The van der Waals surface area contributed by atoms with Crippen LogP contribution >= 0.6 is 0 Å². The molecule has 1 aromatic carbocycles. The normalized spacial score (nSPS) is 12.1. The second-order valence-corrected chi connectivity index (χ2v) is 7.05. The summed E-state index contributed by atoms with van der Waals surface area (Å²) in [5.74, 6) is 0.745. The fraction of sp³-hybridized carbons (Fsp3) is 0.667. The lowest BCUT2D eigenvalue weighted by molar-refractivity contribution is 0.419. The molecule has 0 saturated heterocycles. The summed E-state index contributed by atoms with van der Waals surface area (Å²) in [5.41, 5.74) is 3.19. The minimum absolute atomic E-state index is 0.249. The van der Waals surface area contributed by atoms with Gasteiger partial charge in [-0.2, -0.15) is 0 Å². The van der Waals surface area contributed by atoms with Gasteiger partial charge in [0.2, 0.25) is 0 Å². The molecule has 0 spiro atoms. The van der Waals surface area contributed by atoms with Crippen LogP contribution in [0.5, 0.6) is 0 Å². The van der Waals surface area contributed by atoms with Gasteiger partial charge in [-0.1, -0.05) is 38.1 Å². The minimum atomic E-state index is 0.249. The number of rotatable bonds is 7. The average Bonchev–Trinajstić information content (AvgIpc) is 2.28. The van der Waals surface area contributed by atoms with Crippen molar-refractivity contribution in [2.45, 2.75) is 65.8 Å². The summed E-state index contributed by atoms with van der Waals surface area (Å²) in [6.45, 7) is 12.3. The van der Waals surface area contributed by atoms with Crippen molar-refractivity contribution < 1.29 is 0 Å². The van der Waals surface area contributed by atoms with Gasteiger partial charge in [0.05, 0.1) is 0 Å². The maximum atomic E-state index is 3.54. The van der Waals surface area contributed by atoms with Crippen molar-refractivity contribution in [3.8, 4) is 0 Å². The summed E-state index contributed by atoms with van der Waals surface area (Å²) in [4.78, 5) is 0. The number of aryl methyl sites for hydroxylation is 1. The molecule has 0 amide bonds. The van der Waals surface area contributed by atoms with Gasteiger partial charge in [0, 0.05) is 5.54 Å². The molecule has 1 aromatic rings. The summed E-state index contributed by atoms with van der Waals surface area (Å²) < 4.78 is 0. The highest BCUT2D eigenvalue weighted by Gasteiger charge is 2.07. The van der Waals surface area contributed by atoms with Crippen LogP contribution in [0.3, 0.4) is 0 Å². The number of nitrogens with one attached hydrogen (secondary N) is 1. The first-order chi connectivity index (χ1) is 8.87. The first-order valence-electron chi connectivity index (χ1n) is 7.69. The van der Waals surface area contributed by atoms with Crippen molar-refractivity contribution in [3.05, 3.63) is 35.4 Å². The van der Waals surface area contributed by atoms with Gasteiger partial charge in [0.15, 0.2) is 0 Å². The van der Waals surface area contributed by atoms with Crippen LogP contribution in [0.2, 0.25) is 0 Å². The van der Waals surface area contributed by atoms with Crippen LogP contribution < -0.4 is 5.32 Å². The van der Waals surface area contributed by atoms with Gasteiger partial charge in [-0.3, -0.25) is 0 Å². The van der Waals surface area contributed by atoms with Crippen LogP contribution in [0.15, 0.2) is 24.3 Å². The summed E-state index contributed by atoms with van der Waals surface area (Å²) in [6.07, 6.45) is 4.92. The van der Waals surface area contributed by atoms with E-state index in [1.54, 1.807) is 0 Å². The molecule has 108 valence electrons. The molecule has 0 unspecified atom stereocenters. The molecule has 0 aliphatic rings. The second-order valence-electron chi connectivity index (χ2n) is 7.05. The van der Waals surface area contributed by atoms with Crippen LogP contribution in [-0.4, -0.2) is 12.1 Å². The molecule has 0 aliphatic heterocycles. The third kappa shape index (κ3) is 8.05. The molecule has 0 aliphatic carbocycles. The molecule has 0 heterocycles. The van der Waals surface area contributed by atoms with E-state index in [1.165, 1.54) is 36.8 Å². The number of hydrogen-bond acceptors (Lipinski definition) is 1. The third-order valence-electron chi connectivity index (χ3n) is 3.21. The van der Waals surface area contributed by atoms with E-state index >= 15 is 0 Å². The first-order valence-corrected chi connectivity index (χ1v) is 7.69. The van der Waals surface area contributed by atoms with Gasteiger partial charge in [0.1, 0.15) is 0 Å². The van der Waals surface area contributed by atoms with Gasteiger partial charge < -0.3 is 5.32 Å². The van der Waals surface area contributed by atoms with Crippen LogP contribution in [-0.2, 0) is 12.8 Å². The van der Waals surface area contributed by atoms with E-state index in [2.05, 4.69) is 64.2 Å². The average molecular weight is 261 g/mol. The lowest BCUT2D eigenvalue weighted by Crippen LogP contribution is -2.36. The summed E-state index contributed by atoms with van der Waals surface area (Å²) in [7, 11) is 0.